The van der Waals surface area contributed by atoms with Crippen molar-refractivity contribution in [2.45, 2.75) is 13.8 Å². The summed E-state index contributed by atoms with van der Waals surface area (Å²) < 4.78 is 0. The Morgan fingerprint density at radius 3 is 2.38 bits per heavy atom. The highest BCUT2D eigenvalue weighted by atomic mass is 16.4. The van der Waals surface area contributed by atoms with E-state index in [1.54, 1.807) is 6.21 Å². The summed E-state index contributed by atoms with van der Waals surface area (Å²) in [7, 11) is 0. The molecule has 0 saturated heterocycles. The maximum atomic E-state index is 8.06. The summed E-state index contributed by atoms with van der Waals surface area (Å²) in [6, 6.07) is 0. The minimum Gasteiger partial charge on any atom is -0.411 e. The van der Waals surface area contributed by atoms with E-state index in [1.165, 1.54) is 0 Å². The van der Waals surface area contributed by atoms with E-state index in [0.717, 1.165) is 0 Å². The lowest BCUT2D eigenvalue weighted by atomic mass is 10.1. The molecule has 0 aromatic carbocycles. The van der Waals surface area contributed by atoms with E-state index in [4.69, 9.17) is 5.21 Å². The predicted molar refractivity (Wildman–Crippen MR) is 31.8 cm³/mol. The van der Waals surface area contributed by atoms with Crippen LogP contribution in [-0.4, -0.2) is 11.4 Å². The van der Waals surface area contributed by atoms with Crippen LogP contribution in [0, 0.1) is 17.8 Å². The van der Waals surface area contributed by atoms with Gasteiger partial charge in [-0.1, -0.05) is 13.8 Å². The van der Waals surface area contributed by atoms with Crippen LogP contribution in [0.15, 0.2) is 5.16 Å². The molecule has 1 radical (unpaired) electrons. The Labute approximate surface area is 49.2 Å². The van der Waals surface area contributed by atoms with Gasteiger partial charge < -0.3 is 5.21 Å². The molecule has 1 aliphatic rings. The largest absolute Gasteiger partial charge is 0.411 e. The van der Waals surface area contributed by atoms with Gasteiger partial charge in [0.25, 0.3) is 0 Å². The molecule has 0 amide bonds. The summed E-state index contributed by atoms with van der Waals surface area (Å²) in [6.07, 6.45) is 3.69. The molecule has 0 spiro atoms. The number of hydrogen-bond acceptors (Lipinski definition) is 2. The molecule has 1 fully saturated rings. The zero-order valence-corrected chi connectivity index (χ0v) is 5.13. The number of oxime groups is 1. The van der Waals surface area contributed by atoms with Crippen molar-refractivity contribution in [1.82, 2.24) is 0 Å². The summed E-state index contributed by atoms with van der Waals surface area (Å²) >= 11 is 0. The Balaban J connectivity index is 2.37. The molecule has 0 aromatic heterocycles. The average molecular weight is 112 g/mol. The topological polar surface area (TPSA) is 32.6 Å². The predicted octanol–water partition coefficient (Wildman–Crippen LogP) is 1.31. The quantitative estimate of drug-likeness (QED) is 0.309. The molecule has 1 atom stereocenters. The van der Waals surface area contributed by atoms with Gasteiger partial charge in [0.15, 0.2) is 0 Å². The minimum atomic E-state index is 0.284. The Hall–Kier alpha value is -0.530. The summed E-state index contributed by atoms with van der Waals surface area (Å²) in [5.74, 6) is 0.396. The molecular weight excluding hydrogens is 102 g/mol. The van der Waals surface area contributed by atoms with E-state index in [2.05, 4.69) is 25.4 Å². The standard InChI is InChI=1S/C6H10NO/c1-6(2)3-5(6)4-7-8/h3-5,8H,1-2H3/b7-4-. The molecule has 0 aliphatic heterocycles. The molecule has 0 heterocycles. The van der Waals surface area contributed by atoms with Crippen molar-refractivity contribution >= 4 is 6.21 Å². The van der Waals surface area contributed by atoms with Gasteiger partial charge in [-0.05, 0) is 11.8 Å². The van der Waals surface area contributed by atoms with Crippen molar-refractivity contribution in [3.63, 3.8) is 0 Å². The molecule has 45 valence electrons. The molecular formula is C6H10NO. The van der Waals surface area contributed by atoms with Gasteiger partial charge >= 0.3 is 0 Å². The number of nitrogens with zero attached hydrogens (tertiary/aromatic N) is 1. The van der Waals surface area contributed by atoms with Gasteiger partial charge in [0.2, 0.25) is 0 Å². The molecule has 1 aliphatic carbocycles. The maximum Gasteiger partial charge on any atom is 0.0475 e. The zero-order chi connectivity index (χ0) is 6.20. The first-order valence-corrected chi connectivity index (χ1v) is 2.70. The minimum absolute atomic E-state index is 0.284. The van der Waals surface area contributed by atoms with Crippen LogP contribution in [0.3, 0.4) is 0 Å². The fraction of sp³-hybridized carbons (Fsp3) is 0.667. The maximum absolute atomic E-state index is 8.06. The first-order chi connectivity index (χ1) is 3.67. The van der Waals surface area contributed by atoms with Crippen molar-refractivity contribution < 1.29 is 5.21 Å². The van der Waals surface area contributed by atoms with Gasteiger partial charge in [-0.3, -0.25) is 0 Å². The van der Waals surface area contributed by atoms with Gasteiger partial charge in [-0.15, -0.1) is 5.16 Å². The SMILES string of the molecule is CC1(C)[CH]C1/C=N\O. The molecule has 8 heavy (non-hydrogen) atoms. The Bertz CT molecular complexity index is 118. The van der Waals surface area contributed by atoms with Gasteiger partial charge in [-0.2, -0.15) is 0 Å². The van der Waals surface area contributed by atoms with Crippen molar-refractivity contribution in [2.75, 3.05) is 0 Å². The van der Waals surface area contributed by atoms with Crippen molar-refractivity contribution in [2.24, 2.45) is 16.5 Å². The second-order valence-electron chi connectivity index (χ2n) is 2.78. The first-order valence-electron chi connectivity index (χ1n) is 2.70. The van der Waals surface area contributed by atoms with Gasteiger partial charge in [-0.25, -0.2) is 0 Å². The fourth-order valence-corrected chi connectivity index (χ4v) is 0.722. The number of hydrogen-bond donors (Lipinski definition) is 1. The second kappa shape index (κ2) is 1.47. The number of rotatable bonds is 1. The summed E-state index contributed by atoms with van der Waals surface area (Å²) in [5.41, 5.74) is 0.284. The molecule has 1 unspecified atom stereocenters. The highest BCUT2D eigenvalue weighted by molar-refractivity contribution is 5.69. The molecule has 1 rings (SSSR count). The van der Waals surface area contributed by atoms with E-state index < -0.39 is 0 Å². The fourth-order valence-electron chi connectivity index (χ4n) is 0.722. The van der Waals surface area contributed by atoms with Crippen LogP contribution in [0.5, 0.6) is 0 Å². The Kier molecular flexibility index (Phi) is 1.03. The highest BCUT2D eigenvalue weighted by Crippen LogP contribution is 2.48. The van der Waals surface area contributed by atoms with E-state index in [-0.39, 0.29) is 5.41 Å². The van der Waals surface area contributed by atoms with Gasteiger partial charge in [0.05, 0.1) is 0 Å². The van der Waals surface area contributed by atoms with Crippen LogP contribution in [0.2, 0.25) is 0 Å². The van der Waals surface area contributed by atoms with Gasteiger partial charge in [0.1, 0.15) is 0 Å². The van der Waals surface area contributed by atoms with E-state index in [0.29, 0.717) is 5.92 Å². The molecule has 0 bridgehead atoms. The molecule has 0 aromatic rings. The van der Waals surface area contributed by atoms with E-state index in [1.807, 2.05) is 0 Å². The second-order valence-corrected chi connectivity index (χ2v) is 2.78. The van der Waals surface area contributed by atoms with Crippen LogP contribution in [0.4, 0.5) is 0 Å². The first kappa shape index (κ1) is 5.60. The van der Waals surface area contributed by atoms with E-state index >= 15 is 0 Å². The monoisotopic (exact) mass is 112 g/mol. The summed E-state index contributed by atoms with van der Waals surface area (Å²) in [4.78, 5) is 0. The third-order valence-electron chi connectivity index (χ3n) is 1.59. The van der Waals surface area contributed by atoms with Gasteiger partial charge in [0, 0.05) is 12.1 Å². The van der Waals surface area contributed by atoms with E-state index in [9.17, 15) is 0 Å². The van der Waals surface area contributed by atoms with Crippen molar-refractivity contribution in [3.05, 3.63) is 6.42 Å². The smallest absolute Gasteiger partial charge is 0.0475 e. The lowest BCUT2D eigenvalue weighted by Crippen LogP contribution is -1.89. The van der Waals surface area contributed by atoms with Crippen LogP contribution >= 0.6 is 0 Å². The molecule has 1 saturated carbocycles. The third kappa shape index (κ3) is 0.831. The van der Waals surface area contributed by atoms with Crippen LogP contribution in [0.1, 0.15) is 13.8 Å². The Morgan fingerprint density at radius 1 is 1.75 bits per heavy atom. The van der Waals surface area contributed by atoms with Crippen LogP contribution in [0.25, 0.3) is 0 Å². The van der Waals surface area contributed by atoms with Crippen LogP contribution < -0.4 is 0 Å². The van der Waals surface area contributed by atoms with Crippen molar-refractivity contribution in [1.29, 1.82) is 0 Å². The average Bonchev–Trinajstić information content (AvgIpc) is 2.15. The molecule has 2 heteroatoms. The highest BCUT2D eigenvalue weighted by Gasteiger charge is 2.44. The normalized spacial score (nSPS) is 33.5. The summed E-state index contributed by atoms with van der Waals surface area (Å²) in [6.45, 7) is 4.22. The third-order valence-corrected chi connectivity index (χ3v) is 1.59. The molecule has 1 N–H and O–H groups in total. The molecule has 2 nitrogen and oxygen atoms in total. The zero-order valence-electron chi connectivity index (χ0n) is 5.13. The van der Waals surface area contributed by atoms with Crippen LogP contribution in [-0.2, 0) is 0 Å². The Morgan fingerprint density at radius 2 is 2.25 bits per heavy atom. The lowest BCUT2D eigenvalue weighted by Gasteiger charge is -1.92. The van der Waals surface area contributed by atoms with Crippen molar-refractivity contribution in [3.8, 4) is 0 Å². The summed E-state index contributed by atoms with van der Waals surface area (Å²) in [5, 5.41) is 11.0. The lowest BCUT2D eigenvalue weighted by molar-refractivity contribution is 0.319.